The zero-order chi connectivity index (χ0) is 22.8. The molecule has 5 nitrogen and oxygen atoms in total. The van der Waals surface area contributed by atoms with Gasteiger partial charge in [-0.05, 0) is 77.1 Å². The number of nitrogens with zero attached hydrogens (tertiary/aromatic N) is 2. The molecule has 1 aliphatic rings. The number of aromatic nitrogens is 2. The number of aliphatic hydroxyl groups excluding tert-OH is 1. The summed E-state index contributed by atoms with van der Waals surface area (Å²) in [5.74, 6) is 0.690. The van der Waals surface area contributed by atoms with E-state index < -0.39 is 6.10 Å². The van der Waals surface area contributed by atoms with Crippen LogP contribution in [-0.4, -0.2) is 32.2 Å². The second-order valence-corrected chi connectivity index (χ2v) is 11.3. The molecule has 1 unspecified atom stereocenters. The van der Waals surface area contributed by atoms with E-state index in [-0.39, 0.29) is 11.1 Å². The molecule has 1 aliphatic heterocycles. The zero-order valence-corrected chi connectivity index (χ0v) is 20.2. The molecule has 0 amide bonds. The standard InChI is InChI=1S/C26H34N4OS/c1-25(2)16-19(17-26(3,4)30-25)28-24-27-15-14-21(29-24)23-13-11-20(32-23)10-12-22(31)18-8-6-5-7-9-18/h5-9,11,13-15,19,22,30-31H,10,12,16-17H2,1-4H3,(H,27,28,29). The molecule has 2 aromatic heterocycles. The first-order valence-electron chi connectivity index (χ1n) is 11.4. The third kappa shape index (κ3) is 5.94. The molecular formula is C26H34N4OS. The van der Waals surface area contributed by atoms with Crippen molar-refractivity contribution >= 4 is 17.3 Å². The van der Waals surface area contributed by atoms with Gasteiger partial charge in [-0.1, -0.05) is 30.3 Å². The van der Waals surface area contributed by atoms with Crippen LogP contribution in [0.5, 0.6) is 0 Å². The summed E-state index contributed by atoms with van der Waals surface area (Å²) >= 11 is 1.74. The van der Waals surface area contributed by atoms with Crippen molar-refractivity contribution in [1.82, 2.24) is 15.3 Å². The van der Waals surface area contributed by atoms with Crippen molar-refractivity contribution in [2.45, 2.75) is 76.6 Å². The van der Waals surface area contributed by atoms with Gasteiger partial charge in [-0.15, -0.1) is 11.3 Å². The minimum Gasteiger partial charge on any atom is -0.388 e. The fourth-order valence-corrected chi connectivity index (χ4v) is 5.94. The second-order valence-electron chi connectivity index (χ2n) is 10.1. The normalized spacial score (nSPS) is 18.9. The summed E-state index contributed by atoms with van der Waals surface area (Å²) in [6.07, 6.45) is 5.00. The van der Waals surface area contributed by atoms with Crippen molar-refractivity contribution in [1.29, 1.82) is 0 Å². The first-order valence-corrected chi connectivity index (χ1v) is 12.2. The molecule has 3 aromatic rings. The topological polar surface area (TPSA) is 70.1 Å². The summed E-state index contributed by atoms with van der Waals surface area (Å²) in [6.45, 7) is 9.01. The number of anilines is 1. The lowest BCUT2D eigenvalue weighted by Crippen LogP contribution is -2.60. The minimum atomic E-state index is -0.435. The van der Waals surface area contributed by atoms with Gasteiger partial charge < -0.3 is 15.7 Å². The Morgan fingerprint density at radius 2 is 1.78 bits per heavy atom. The van der Waals surface area contributed by atoms with E-state index in [0.717, 1.165) is 35.4 Å². The Morgan fingerprint density at radius 1 is 1.06 bits per heavy atom. The van der Waals surface area contributed by atoms with Crippen molar-refractivity contribution in [3.8, 4) is 10.6 Å². The molecule has 6 heteroatoms. The monoisotopic (exact) mass is 450 g/mol. The summed E-state index contributed by atoms with van der Waals surface area (Å²) in [6, 6.07) is 16.4. The highest BCUT2D eigenvalue weighted by atomic mass is 32.1. The predicted molar refractivity (Wildman–Crippen MR) is 133 cm³/mol. The van der Waals surface area contributed by atoms with Gasteiger partial charge in [0.2, 0.25) is 5.95 Å². The predicted octanol–water partition coefficient (Wildman–Crippen LogP) is 5.59. The number of aliphatic hydroxyl groups is 1. The number of hydrogen-bond donors (Lipinski definition) is 3. The van der Waals surface area contributed by atoms with Gasteiger partial charge in [0.05, 0.1) is 16.7 Å². The maximum atomic E-state index is 10.4. The fourth-order valence-electron chi connectivity index (χ4n) is 4.94. The van der Waals surface area contributed by atoms with Crippen LogP contribution in [-0.2, 0) is 6.42 Å². The summed E-state index contributed by atoms with van der Waals surface area (Å²) in [7, 11) is 0. The third-order valence-electron chi connectivity index (χ3n) is 5.94. The van der Waals surface area contributed by atoms with Gasteiger partial charge in [0.25, 0.3) is 0 Å². The van der Waals surface area contributed by atoms with Gasteiger partial charge in [-0.3, -0.25) is 0 Å². The van der Waals surface area contributed by atoms with E-state index in [1.165, 1.54) is 4.88 Å². The molecule has 3 N–H and O–H groups in total. The van der Waals surface area contributed by atoms with E-state index in [4.69, 9.17) is 4.98 Å². The van der Waals surface area contributed by atoms with E-state index in [1.807, 2.05) is 42.6 Å². The van der Waals surface area contributed by atoms with Crippen molar-refractivity contribution < 1.29 is 5.11 Å². The highest BCUT2D eigenvalue weighted by molar-refractivity contribution is 7.15. The average molecular weight is 451 g/mol. The van der Waals surface area contributed by atoms with Crippen molar-refractivity contribution in [3.63, 3.8) is 0 Å². The molecule has 1 fully saturated rings. The highest BCUT2D eigenvalue weighted by Gasteiger charge is 2.37. The average Bonchev–Trinajstić information content (AvgIpc) is 3.20. The Balaban J connectivity index is 1.40. The number of aryl methyl sites for hydroxylation is 1. The van der Waals surface area contributed by atoms with Crippen molar-refractivity contribution in [2.75, 3.05) is 5.32 Å². The highest BCUT2D eigenvalue weighted by Crippen LogP contribution is 2.32. The van der Waals surface area contributed by atoms with E-state index in [9.17, 15) is 5.11 Å². The molecule has 32 heavy (non-hydrogen) atoms. The lowest BCUT2D eigenvalue weighted by molar-refractivity contribution is 0.168. The Hall–Kier alpha value is -2.28. The summed E-state index contributed by atoms with van der Waals surface area (Å²) in [5.41, 5.74) is 2.06. The molecule has 0 saturated carbocycles. The fraction of sp³-hybridized carbons (Fsp3) is 0.462. The molecule has 1 aromatic carbocycles. The van der Waals surface area contributed by atoms with Crippen LogP contribution >= 0.6 is 11.3 Å². The molecular weight excluding hydrogens is 416 g/mol. The van der Waals surface area contributed by atoms with Crippen LogP contribution in [0.15, 0.2) is 54.7 Å². The van der Waals surface area contributed by atoms with Crippen LogP contribution in [0, 0.1) is 0 Å². The summed E-state index contributed by atoms with van der Waals surface area (Å²) < 4.78 is 0. The number of thiophene rings is 1. The molecule has 4 rings (SSSR count). The lowest BCUT2D eigenvalue weighted by atomic mass is 9.80. The lowest BCUT2D eigenvalue weighted by Gasteiger charge is -2.46. The van der Waals surface area contributed by atoms with Crippen molar-refractivity contribution in [2.24, 2.45) is 0 Å². The minimum absolute atomic E-state index is 0.0734. The third-order valence-corrected chi connectivity index (χ3v) is 7.11. The quantitative estimate of drug-likeness (QED) is 0.438. The summed E-state index contributed by atoms with van der Waals surface area (Å²) in [5, 5.41) is 17.7. The van der Waals surface area contributed by atoms with Gasteiger partial charge in [0.1, 0.15) is 0 Å². The number of rotatable bonds is 7. The molecule has 3 heterocycles. The molecule has 0 spiro atoms. The number of nitrogens with one attached hydrogen (secondary N) is 2. The van der Waals surface area contributed by atoms with Crippen LogP contribution in [0.4, 0.5) is 5.95 Å². The number of piperidine rings is 1. The Kier molecular flexibility index (Phi) is 6.65. The number of hydrogen-bond acceptors (Lipinski definition) is 6. The van der Waals surface area contributed by atoms with Gasteiger partial charge in [-0.2, -0.15) is 0 Å². The van der Waals surface area contributed by atoms with E-state index in [0.29, 0.717) is 18.4 Å². The van der Waals surface area contributed by atoms with E-state index in [1.54, 1.807) is 11.3 Å². The Bertz CT molecular complexity index is 1020. The molecule has 1 atom stereocenters. The first-order chi connectivity index (χ1) is 15.2. The van der Waals surface area contributed by atoms with Gasteiger partial charge in [0, 0.05) is 28.2 Å². The molecule has 0 bridgehead atoms. The van der Waals surface area contributed by atoms with Gasteiger partial charge in [0.15, 0.2) is 0 Å². The second kappa shape index (κ2) is 9.30. The van der Waals surface area contributed by atoms with Crippen LogP contribution in [0.3, 0.4) is 0 Å². The van der Waals surface area contributed by atoms with Crippen LogP contribution < -0.4 is 10.6 Å². The Morgan fingerprint density at radius 3 is 2.50 bits per heavy atom. The molecule has 1 saturated heterocycles. The van der Waals surface area contributed by atoms with Crippen LogP contribution in [0.2, 0.25) is 0 Å². The SMILES string of the molecule is CC1(C)CC(Nc2nccc(-c3ccc(CCC(O)c4ccccc4)s3)n2)CC(C)(C)N1. The van der Waals surface area contributed by atoms with Gasteiger partial charge >= 0.3 is 0 Å². The molecule has 170 valence electrons. The Labute approximate surface area is 195 Å². The largest absolute Gasteiger partial charge is 0.388 e. The summed E-state index contributed by atoms with van der Waals surface area (Å²) in [4.78, 5) is 11.7. The van der Waals surface area contributed by atoms with E-state index in [2.05, 4.69) is 55.4 Å². The maximum absolute atomic E-state index is 10.4. The molecule has 0 radical (unpaired) electrons. The van der Waals surface area contributed by atoms with Gasteiger partial charge in [-0.25, -0.2) is 9.97 Å². The van der Waals surface area contributed by atoms with E-state index >= 15 is 0 Å². The first kappa shape index (κ1) is 22.9. The smallest absolute Gasteiger partial charge is 0.223 e. The van der Waals surface area contributed by atoms with Crippen molar-refractivity contribution in [3.05, 3.63) is 65.2 Å². The van der Waals surface area contributed by atoms with Crippen LogP contribution in [0.1, 0.15) is 63.5 Å². The number of benzene rings is 1. The molecule has 0 aliphatic carbocycles. The zero-order valence-electron chi connectivity index (χ0n) is 19.4. The maximum Gasteiger partial charge on any atom is 0.223 e. The van der Waals surface area contributed by atoms with Crippen LogP contribution in [0.25, 0.3) is 10.6 Å².